The van der Waals surface area contributed by atoms with Gasteiger partial charge in [0.2, 0.25) is 0 Å². The summed E-state index contributed by atoms with van der Waals surface area (Å²) in [6, 6.07) is 2.84. The van der Waals surface area contributed by atoms with Gasteiger partial charge in [0.25, 0.3) is 5.69 Å². The molecule has 0 aliphatic rings. The van der Waals surface area contributed by atoms with E-state index in [4.69, 9.17) is 15.3 Å². The zero-order valence-corrected chi connectivity index (χ0v) is 7.32. The number of phenolic OH excluding ortho intramolecular Hbond substituents is 1. The summed E-state index contributed by atoms with van der Waals surface area (Å²) in [6.07, 6.45) is -1.98. The quantitative estimate of drug-likeness (QED) is 0.494. The maximum absolute atomic E-state index is 10.5. The van der Waals surface area contributed by atoms with Crippen LogP contribution in [-0.2, 0) is 4.79 Å². The molecular formula is C8H7NO6. The number of hydrogen-bond acceptors (Lipinski definition) is 5. The molecule has 1 aromatic rings. The van der Waals surface area contributed by atoms with Crippen molar-refractivity contribution < 1.29 is 25.0 Å². The zero-order chi connectivity index (χ0) is 11.6. The number of rotatable bonds is 3. The lowest BCUT2D eigenvalue weighted by molar-refractivity contribution is -0.386. The van der Waals surface area contributed by atoms with Crippen molar-refractivity contribution in [2.45, 2.75) is 6.10 Å². The summed E-state index contributed by atoms with van der Waals surface area (Å²) in [4.78, 5) is 20.0. The lowest BCUT2D eigenvalue weighted by Gasteiger charge is -2.06. The highest BCUT2D eigenvalue weighted by molar-refractivity contribution is 5.76. The fraction of sp³-hybridized carbons (Fsp3) is 0.125. The molecule has 0 aromatic heterocycles. The Kier molecular flexibility index (Phi) is 2.86. The Morgan fingerprint density at radius 3 is 2.53 bits per heavy atom. The van der Waals surface area contributed by atoms with Crippen LogP contribution in [0.4, 0.5) is 5.69 Å². The summed E-state index contributed by atoms with van der Waals surface area (Å²) in [6.45, 7) is 0. The van der Waals surface area contributed by atoms with Gasteiger partial charge in [-0.15, -0.1) is 0 Å². The number of carboxylic acid groups (broad SMARTS) is 1. The number of aromatic hydroxyl groups is 1. The molecule has 0 spiro atoms. The molecule has 7 nitrogen and oxygen atoms in total. The second-order valence-electron chi connectivity index (χ2n) is 2.74. The predicted molar refractivity (Wildman–Crippen MR) is 47.4 cm³/mol. The van der Waals surface area contributed by atoms with E-state index in [2.05, 4.69) is 0 Å². The first-order valence-corrected chi connectivity index (χ1v) is 3.81. The third-order valence-corrected chi connectivity index (χ3v) is 1.74. The lowest BCUT2D eigenvalue weighted by Crippen LogP contribution is -2.12. The SMILES string of the molecule is O=C(O)C(O)c1ccc(O)cc1[N+](=O)[O-]. The van der Waals surface area contributed by atoms with Crippen molar-refractivity contribution in [3.8, 4) is 5.75 Å². The van der Waals surface area contributed by atoms with Crippen LogP contribution < -0.4 is 0 Å². The Morgan fingerprint density at radius 1 is 1.47 bits per heavy atom. The minimum absolute atomic E-state index is 0.370. The molecule has 1 atom stereocenters. The number of aliphatic hydroxyl groups excluding tert-OH is 1. The first-order chi connectivity index (χ1) is 6.93. The fourth-order valence-corrected chi connectivity index (χ4v) is 1.05. The first-order valence-electron chi connectivity index (χ1n) is 3.81. The number of nitro benzene ring substituents is 1. The maximum Gasteiger partial charge on any atom is 0.337 e. The molecule has 0 amide bonds. The number of carboxylic acids is 1. The number of benzene rings is 1. The summed E-state index contributed by atoms with van der Waals surface area (Å²) in [5.74, 6) is -1.97. The lowest BCUT2D eigenvalue weighted by atomic mass is 10.1. The van der Waals surface area contributed by atoms with Crippen LogP contribution >= 0.6 is 0 Å². The predicted octanol–water partition coefficient (Wildman–Crippen LogP) is 0.418. The Balaban J connectivity index is 3.28. The van der Waals surface area contributed by atoms with E-state index in [1.807, 2.05) is 0 Å². The van der Waals surface area contributed by atoms with Crippen molar-refractivity contribution in [2.24, 2.45) is 0 Å². The van der Waals surface area contributed by atoms with Crippen LogP contribution in [0.2, 0.25) is 0 Å². The smallest absolute Gasteiger partial charge is 0.337 e. The van der Waals surface area contributed by atoms with Gasteiger partial charge in [-0.05, 0) is 12.1 Å². The van der Waals surface area contributed by atoms with Gasteiger partial charge in [0, 0.05) is 0 Å². The third kappa shape index (κ3) is 2.20. The van der Waals surface area contributed by atoms with Crippen LogP contribution in [0, 0.1) is 10.1 Å². The van der Waals surface area contributed by atoms with Gasteiger partial charge in [-0.3, -0.25) is 10.1 Å². The van der Waals surface area contributed by atoms with E-state index in [0.29, 0.717) is 0 Å². The van der Waals surface area contributed by atoms with Crippen LogP contribution in [0.25, 0.3) is 0 Å². The van der Waals surface area contributed by atoms with Crippen molar-refractivity contribution in [2.75, 3.05) is 0 Å². The number of aliphatic hydroxyl groups is 1. The zero-order valence-electron chi connectivity index (χ0n) is 7.32. The van der Waals surface area contributed by atoms with Gasteiger partial charge >= 0.3 is 5.97 Å². The topological polar surface area (TPSA) is 121 Å². The van der Waals surface area contributed by atoms with E-state index >= 15 is 0 Å². The largest absolute Gasteiger partial charge is 0.508 e. The van der Waals surface area contributed by atoms with Gasteiger partial charge in [0.15, 0.2) is 6.10 Å². The number of aliphatic carboxylic acids is 1. The van der Waals surface area contributed by atoms with E-state index in [0.717, 1.165) is 18.2 Å². The molecule has 0 heterocycles. The van der Waals surface area contributed by atoms with Gasteiger partial charge < -0.3 is 15.3 Å². The van der Waals surface area contributed by atoms with E-state index in [1.165, 1.54) is 0 Å². The van der Waals surface area contributed by atoms with Crippen molar-refractivity contribution in [1.29, 1.82) is 0 Å². The van der Waals surface area contributed by atoms with Crippen LogP contribution in [0.5, 0.6) is 5.75 Å². The van der Waals surface area contributed by atoms with E-state index < -0.39 is 22.7 Å². The van der Waals surface area contributed by atoms with E-state index in [1.54, 1.807) is 0 Å². The van der Waals surface area contributed by atoms with Gasteiger partial charge in [-0.2, -0.15) is 0 Å². The molecule has 1 rings (SSSR count). The molecule has 15 heavy (non-hydrogen) atoms. The van der Waals surface area contributed by atoms with Crippen LogP contribution in [0.15, 0.2) is 18.2 Å². The third-order valence-electron chi connectivity index (χ3n) is 1.74. The molecular weight excluding hydrogens is 206 g/mol. The van der Waals surface area contributed by atoms with Crippen LogP contribution in [0.1, 0.15) is 11.7 Å². The van der Waals surface area contributed by atoms with Crippen molar-refractivity contribution >= 4 is 11.7 Å². The highest BCUT2D eigenvalue weighted by Crippen LogP contribution is 2.28. The monoisotopic (exact) mass is 213 g/mol. The van der Waals surface area contributed by atoms with Crippen molar-refractivity contribution in [3.05, 3.63) is 33.9 Å². The molecule has 7 heteroatoms. The van der Waals surface area contributed by atoms with Gasteiger partial charge in [-0.1, -0.05) is 0 Å². The van der Waals surface area contributed by atoms with E-state index in [9.17, 15) is 14.9 Å². The molecule has 0 saturated heterocycles. The number of phenols is 1. The maximum atomic E-state index is 10.5. The molecule has 80 valence electrons. The summed E-state index contributed by atoms with van der Waals surface area (Å²) in [7, 11) is 0. The second kappa shape index (κ2) is 3.93. The van der Waals surface area contributed by atoms with Crippen molar-refractivity contribution in [1.82, 2.24) is 0 Å². The van der Waals surface area contributed by atoms with Gasteiger partial charge in [0.1, 0.15) is 5.75 Å². The highest BCUT2D eigenvalue weighted by atomic mass is 16.6. The molecule has 0 aliphatic carbocycles. The summed E-state index contributed by atoms with van der Waals surface area (Å²) < 4.78 is 0. The number of hydrogen-bond donors (Lipinski definition) is 3. The highest BCUT2D eigenvalue weighted by Gasteiger charge is 2.25. The fourth-order valence-electron chi connectivity index (χ4n) is 1.05. The molecule has 1 aromatic carbocycles. The number of carbonyl (C=O) groups is 1. The van der Waals surface area contributed by atoms with Crippen LogP contribution in [0.3, 0.4) is 0 Å². The molecule has 0 radical (unpaired) electrons. The van der Waals surface area contributed by atoms with Crippen LogP contribution in [-0.4, -0.2) is 26.2 Å². The Hall–Kier alpha value is -2.15. The van der Waals surface area contributed by atoms with Crippen molar-refractivity contribution in [3.63, 3.8) is 0 Å². The second-order valence-corrected chi connectivity index (χ2v) is 2.74. The van der Waals surface area contributed by atoms with Gasteiger partial charge in [0.05, 0.1) is 16.6 Å². The minimum atomic E-state index is -1.98. The summed E-state index contributed by atoms with van der Waals surface area (Å²) in [5, 5.41) is 37.1. The van der Waals surface area contributed by atoms with Gasteiger partial charge in [-0.25, -0.2) is 4.79 Å². The summed E-state index contributed by atoms with van der Waals surface area (Å²) >= 11 is 0. The molecule has 1 unspecified atom stereocenters. The number of nitrogens with zero attached hydrogens (tertiary/aromatic N) is 1. The first kappa shape index (κ1) is 10.9. The molecule has 0 saturated carbocycles. The van der Waals surface area contributed by atoms with E-state index in [-0.39, 0.29) is 11.3 Å². The molecule has 0 fully saturated rings. The standard InChI is InChI=1S/C8H7NO6/c10-4-1-2-5(7(11)8(12)13)6(3-4)9(14)15/h1-3,7,10-11H,(H,12,13). The number of nitro groups is 1. The normalized spacial score (nSPS) is 12.1. The molecule has 0 aliphatic heterocycles. The average Bonchev–Trinajstić information content (AvgIpc) is 2.16. The Labute approximate surface area is 83.4 Å². The molecule has 3 N–H and O–H groups in total. The molecule has 0 bridgehead atoms. The minimum Gasteiger partial charge on any atom is -0.508 e. The Morgan fingerprint density at radius 2 is 2.07 bits per heavy atom. The summed E-state index contributed by atoms with van der Waals surface area (Å²) in [5.41, 5.74) is -1.00. The Bertz CT molecular complexity index is 416. The average molecular weight is 213 g/mol.